The highest BCUT2D eigenvalue weighted by molar-refractivity contribution is 9.10. The molecule has 0 bridgehead atoms. The molecule has 1 aromatic rings. The van der Waals surface area contributed by atoms with E-state index in [1.54, 1.807) is 11.0 Å². The van der Waals surface area contributed by atoms with Gasteiger partial charge in [0, 0.05) is 30.3 Å². The summed E-state index contributed by atoms with van der Waals surface area (Å²) in [5.74, 6) is -1.34. The highest BCUT2D eigenvalue weighted by Gasteiger charge is 2.32. The molecule has 1 fully saturated rings. The average Bonchev–Trinajstić information content (AvgIpc) is 2.94. The predicted octanol–water partition coefficient (Wildman–Crippen LogP) is 2.24. The molecular formula is C12H16BrClN2O3. The Kier molecular flexibility index (Phi) is 5.43. The van der Waals surface area contributed by atoms with Crippen molar-refractivity contribution in [3.8, 4) is 0 Å². The number of hydrogen-bond donors (Lipinski definition) is 1. The summed E-state index contributed by atoms with van der Waals surface area (Å²) in [5.41, 5.74) is 0.607. The molecule has 0 spiro atoms. The number of carboxylic acid groups (broad SMARTS) is 1. The number of likely N-dealkylation sites (tertiary alicyclic amines) is 1. The fourth-order valence-electron chi connectivity index (χ4n) is 2.22. The zero-order valence-corrected chi connectivity index (χ0v) is 12.9. The first-order valence-corrected chi connectivity index (χ1v) is 6.70. The first kappa shape index (κ1) is 16.0. The molecular weight excluding hydrogens is 336 g/mol. The van der Waals surface area contributed by atoms with Crippen LogP contribution in [0.25, 0.3) is 0 Å². The zero-order chi connectivity index (χ0) is 13.3. The van der Waals surface area contributed by atoms with Gasteiger partial charge in [-0.1, -0.05) is 0 Å². The van der Waals surface area contributed by atoms with Crippen LogP contribution in [0.2, 0.25) is 0 Å². The van der Waals surface area contributed by atoms with Crippen LogP contribution >= 0.6 is 28.3 Å². The highest BCUT2D eigenvalue weighted by Crippen LogP contribution is 2.21. The van der Waals surface area contributed by atoms with Gasteiger partial charge in [-0.25, -0.2) is 0 Å². The first-order chi connectivity index (χ1) is 8.52. The number of carbonyl (C=O) groups is 2. The molecule has 0 saturated carbocycles. The third kappa shape index (κ3) is 3.30. The maximum absolute atomic E-state index is 12.3. The number of aryl methyl sites for hydroxylation is 1. The Morgan fingerprint density at radius 1 is 1.53 bits per heavy atom. The molecule has 0 aliphatic carbocycles. The monoisotopic (exact) mass is 350 g/mol. The minimum absolute atomic E-state index is 0. The van der Waals surface area contributed by atoms with Gasteiger partial charge >= 0.3 is 5.97 Å². The first-order valence-electron chi connectivity index (χ1n) is 5.90. The van der Waals surface area contributed by atoms with Crippen molar-refractivity contribution < 1.29 is 14.7 Å². The largest absolute Gasteiger partial charge is 0.481 e. The zero-order valence-electron chi connectivity index (χ0n) is 10.5. The summed E-state index contributed by atoms with van der Waals surface area (Å²) in [6.45, 7) is 3.50. The van der Waals surface area contributed by atoms with E-state index in [-0.39, 0.29) is 18.3 Å². The third-order valence-corrected chi connectivity index (χ3v) is 3.68. The second-order valence-electron chi connectivity index (χ2n) is 4.40. The second kappa shape index (κ2) is 6.43. The van der Waals surface area contributed by atoms with Crippen LogP contribution in [-0.2, 0) is 11.3 Å². The van der Waals surface area contributed by atoms with E-state index in [4.69, 9.17) is 5.11 Å². The van der Waals surface area contributed by atoms with Crippen molar-refractivity contribution in [1.29, 1.82) is 0 Å². The van der Waals surface area contributed by atoms with E-state index in [1.165, 1.54) is 0 Å². The minimum Gasteiger partial charge on any atom is -0.481 e. The Hall–Kier alpha value is -1.01. The maximum Gasteiger partial charge on any atom is 0.308 e. The van der Waals surface area contributed by atoms with E-state index in [0.29, 0.717) is 31.7 Å². The Bertz CT molecular complexity index is 489. The molecule has 1 unspecified atom stereocenters. The Balaban J connectivity index is 0.00000180. The van der Waals surface area contributed by atoms with Gasteiger partial charge in [-0.2, -0.15) is 0 Å². The van der Waals surface area contributed by atoms with E-state index in [2.05, 4.69) is 15.9 Å². The van der Waals surface area contributed by atoms with E-state index in [0.717, 1.165) is 4.47 Å². The van der Waals surface area contributed by atoms with Gasteiger partial charge in [-0.3, -0.25) is 9.59 Å². The lowest BCUT2D eigenvalue weighted by atomic mass is 10.1. The van der Waals surface area contributed by atoms with Crippen LogP contribution in [0.5, 0.6) is 0 Å². The summed E-state index contributed by atoms with van der Waals surface area (Å²) < 4.78 is 2.72. The Morgan fingerprint density at radius 2 is 2.21 bits per heavy atom. The predicted molar refractivity (Wildman–Crippen MR) is 76.7 cm³/mol. The van der Waals surface area contributed by atoms with Gasteiger partial charge in [0.25, 0.3) is 5.91 Å². The molecule has 5 nitrogen and oxygen atoms in total. The normalized spacial score (nSPS) is 18.2. The molecule has 0 aromatic carbocycles. The molecule has 1 saturated heterocycles. The van der Waals surface area contributed by atoms with Crippen molar-refractivity contribution in [2.75, 3.05) is 13.1 Å². The number of halogens is 2. The average molecular weight is 352 g/mol. The van der Waals surface area contributed by atoms with Gasteiger partial charge in [-0.15, -0.1) is 12.4 Å². The van der Waals surface area contributed by atoms with E-state index in [1.807, 2.05) is 17.7 Å². The molecule has 7 heteroatoms. The van der Waals surface area contributed by atoms with Crippen molar-refractivity contribution in [3.05, 3.63) is 22.4 Å². The number of amides is 1. The number of nitrogens with zero attached hydrogens (tertiary/aromatic N) is 2. The highest BCUT2D eigenvalue weighted by atomic mass is 79.9. The van der Waals surface area contributed by atoms with Gasteiger partial charge in [-0.05, 0) is 35.3 Å². The summed E-state index contributed by atoms with van der Waals surface area (Å²) in [6.07, 6.45) is 2.40. The maximum atomic E-state index is 12.3. The van der Waals surface area contributed by atoms with Crippen molar-refractivity contribution >= 4 is 40.2 Å². The summed E-state index contributed by atoms with van der Waals surface area (Å²) >= 11 is 3.35. The van der Waals surface area contributed by atoms with Crippen molar-refractivity contribution in [1.82, 2.24) is 9.47 Å². The molecule has 2 heterocycles. The van der Waals surface area contributed by atoms with Crippen LogP contribution in [0.4, 0.5) is 0 Å². The lowest BCUT2D eigenvalue weighted by Gasteiger charge is -2.16. The van der Waals surface area contributed by atoms with Crippen LogP contribution in [0.3, 0.4) is 0 Å². The number of aliphatic carboxylic acids is 1. The topological polar surface area (TPSA) is 62.5 Å². The van der Waals surface area contributed by atoms with Gasteiger partial charge in [0.05, 0.1) is 5.92 Å². The molecule has 2 rings (SSSR count). The summed E-state index contributed by atoms with van der Waals surface area (Å²) in [6, 6.07) is 1.78. The SMILES string of the molecule is CCn1cc(Br)cc1C(=O)N1CCC(C(=O)O)C1.Cl. The number of aromatic nitrogens is 1. The van der Waals surface area contributed by atoms with Crippen LogP contribution in [0.1, 0.15) is 23.8 Å². The summed E-state index contributed by atoms with van der Waals surface area (Å²) in [5, 5.41) is 8.94. The van der Waals surface area contributed by atoms with Crippen molar-refractivity contribution in [2.45, 2.75) is 19.9 Å². The number of hydrogen-bond acceptors (Lipinski definition) is 2. The fraction of sp³-hybridized carbons (Fsp3) is 0.500. The quantitative estimate of drug-likeness (QED) is 0.908. The Morgan fingerprint density at radius 3 is 2.74 bits per heavy atom. The van der Waals surface area contributed by atoms with Crippen LogP contribution < -0.4 is 0 Å². The smallest absolute Gasteiger partial charge is 0.308 e. The summed E-state index contributed by atoms with van der Waals surface area (Å²) in [4.78, 5) is 24.8. The number of carbonyl (C=O) groups excluding carboxylic acids is 1. The second-order valence-corrected chi connectivity index (χ2v) is 5.32. The van der Waals surface area contributed by atoms with Gasteiger partial charge in [0.1, 0.15) is 5.69 Å². The third-order valence-electron chi connectivity index (χ3n) is 3.25. The molecule has 1 aromatic heterocycles. The fourth-order valence-corrected chi connectivity index (χ4v) is 2.69. The lowest BCUT2D eigenvalue weighted by molar-refractivity contribution is -0.141. The van der Waals surface area contributed by atoms with Gasteiger partial charge in [0.2, 0.25) is 0 Å². The molecule has 1 N–H and O–H groups in total. The standard InChI is InChI=1S/C12H15BrN2O3.ClH/c1-2-14-7-9(13)5-10(14)11(16)15-4-3-8(6-15)12(17)18;/h5,7-8H,2-4,6H2,1H3,(H,17,18);1H. The molecule has 106 valence electrons. The van der Waals surface area contributed by atoms with Gasteiger partial charge in [0.15, 0.2) is 0 Å². The van der Waals surface area contributed by atoms with Crippen molar-refractivity contribution in [2.24, 2.45) is 5.92 Å². The van der Waals surface area contributed by atoms with E-state index < -0.39 is 11.9 Å². The van der Waals surface area contributed by atoms with Crippen LogP contribution in [-0.4, -0.2) is 39.5 Å². The van der Waals surface area contributed by atoms with Crippen LogP contribution in [0, 0.1) is 5.92 Å². The molecule has 1 aliphatic heterocycles. The molecule has 19 heavy (non-hydrogen) atoms. The Labute approximate surface area is 126 Å². The number of carboxylic acids is 1. The van der Waals surface area contributed by atoms with Gasteiger partial charge < -0.3 is 14.6 Å². The summed E-state index contributed by atoms with van der Waals surface area (Å²) in [7, 11) is 0. The lowest BCUT2D eigenvalue weighted by Crippen LogP contribution is -2.31. The molecule has 1 aliphatic rings. The number of rotatable bonds is 3. The minimum atomic E-state index is -0.822. The van der Waals surface area contributed by atoms with E-state index >= 15 is 0 Å². The van der Waals surface area contributed by atoms with Crippen molar-refractivity contribution in [3.63, 3.8) is 0 Å². The van der Waals surface area contributed by atoms with E-state index in [9.17, 15) is 9.59 Å². The molecule has 0 radical (unpaired) electrons. The molecule has 1 amide bonds. The molecule has 1 atom stereocenters. The van der Waals surface area contributed by atoms with Crippen LogP contribution in [0.15, 0.2) is 16.7 Å².